The maximum Gasteiger partial charge on any atom is 0.313 e. The van der Waals surface area contributed by atoms with Gasteiger partial charge in [0.2, 0.25) is 11.8 Å². The molecule has 6 rings (SSSR count). The highest BCUT2D eigenvalue weighted by molar-refractivity contribution is 9.11. The topological polar surface area (TPSA) is 125 Å². The van der Waals surface area contributed by atoms with Crippen LogP contribution in [-0.4, -0.2) is 76.7 Å². The fourth-order valence-electron chi connectivity index (χ4n) is 7.39. The van der Waals surface area contributed by atoms with E-state index in [4.69, 9.17) is 21.1 Å². The Balaban J connectivity index is 1.50. The molecule has 12 heteroatoms. The minimum atomic E-state index is -1.53. The summed E-state index contributed by atoms with van der Waals surface area (Å²) in [4.78, 5) is 59.6. The predicted octanol–water partition coefficient (Wildman–Crippen LogP) is 4.37. The lowest BCUT2D eigenvalue weighted by atomic mass is 9.74. The zero-order valence-corrected chi connectivity index (χ0v) is 28.6. The van der Waals surface area contributed by atoms with Gasteiger partial charge in [-0.3, -0.25) is 19.2 Å². The second kappa shape index (κ2) is 13.2. The van der Waals surface area contributed by atoms with Crippen molar-refractivity contribution in [3.8, 4) is 0 Å². The van der Waals surface area contributed by atoms with E-state index < -0.39 is 72.2 Å². The predicted molar refractivity (Wildman–Crippen MR) is 179 cm³/mol. The van der Waals surface area contributed by atoms with E-state index in [1.807, 2.05) is 49.4 Å². The van der Waals surface area contributed by atoms with Crippen LogP contribution < -0.4 is 10.2 Å². The number of fused-ring (bicyclic) bond motifs is 2. The van der Waals surface area contributed by atoms with Gasteiger partial charge >= 0.3 is 5.97 Å². The van der Waals surface area contributed by atoms with E-state index in [1.165, 1.54) is 9.80 Å². The highest BCUT2D eigenvalue weighted by Crippen LogP contribution is 2.59. The monoisotopic (exact) mass is 725 g/mol. The molecular weight excluding hydrogens is 690 g/mol. The Labute approximate surface area is 286 Å². The molecule has 2 aromatic carbocycles. The van der Waals surface area contributed by atoms with Crippen molar-refractivity contribution in [1.82, 2.24) is 10.2 Å². The van der Waals surface area contributed by atoms with Crippen LogP contribution in [0.1, 0.15) is 43.9 Å². The van der Waals surface area contributed by atoms with Crippen molar-refractivity contribution in [2.24, 2.45) is 11.8 Å². The van der Waals surface area contributed by atoms with Crippen LogP contribution in [-0.2, 0) is 28.7 Å². The third kappa shape index (κ3) is 5.71. The summed E-state index contributed by atoms with van der Waals surface area (Å²) in [6.45, 7) is 4.93. The van der Waals surface area contributed by atoms with Crippen LogP contribution in [0.4, 0.5) is 5.69 Å². The summed E-state index contributed by atoms with van der Waals surface area (Å²) in [6.07, 6.45) is 4.16. The molecule has 4 heterocycles. The number of nitrogens with one attached hydrogen (secondary N) is 1. The van der Waals surface area contributed by atoms with E-state index in [1.54, 1.807) is 38.1 Å². The summed E-state index contributed by atoms with van der Waals surface area (Å²) in [5.41, 5.74) is 0.347. The van der Waals surface area contributed by atoms with Gasteiger partial charge in [0.25, 0.3) is 5.91 Å². The van der Waals surface area contributed by atoms with E-state index in [-0.39, 0.29) is 18.9 Å². The molecule has 3 amide bonds. The molecule has 4 aliphatic heterocycles. The number of likely N-dealkylation sites (tertiary alicyclic amines) is 1. The van der Waals surface area contributed by atoms with E-state index >= 15 is 0 Å². The molecule has 10 nitrogen and oxygen atoms in total. The number of hydrogen-bond acceptors (Lipinski definition) is 7. The number of para-hydroxylation sites is 1. The van der Waals surface area contributed by atoms with Crippen molar-refractivity contribution in [3.05, 3.63) is 87.4 Å². The number of ether oxygens (including phenoxy) is 2. The summed E-state index contributed by atoms with van der Waals surface area (Å²) < 4.78 is 13.3. The number of aliphatic hydroxyl groups is 1. The molecule has 0 aromatic heterocycles. The quantitative estimate of drug-likeness (QED) is 0.354. The number of carbonyl (C=O) groups excluding carboxylic acids is 4. The number of allylic oxidation sites excluding steroid dienone is 1. The van der Waals surface area contributed by atoms with Crippen LogP contribution in [0.5, 0.6) is 0 Å². The molecule has 2 saturated heterocycles. The second-order valence-electron chi connectivity index (χ2n) is 12.6. The van der Waals surface area contributed by atoms with Crippen LogP contribution in [0.15, 0.2) is 71.2 Å². The fraction of sp³-hybridized carbons (Fsp3) is 0.429. The molecule has 8 atom stereocenters. The average molecular weight is 727 g/mol. The Morgan fingerprint density at radius 1 is 1.06 bits per heavy atom. The number of rotatable bonds is 4. The number of nitrogens with zero attached hydrogens (tertiary/aromatic N) is 2. The summed E-state index contributed by atoms with van der Waals surface area (Å²) in [5.74, 6) is -4.10. The van der Waals surface area contributed by atoms with Gasteiger partial charge in [-0.15, -0.1) is 0 Å². The Bertz CT molecular complexity index is 1630. The summed E-state index contributed by atoms with van der Waals surface area (Å²) in [6, 6.07) is 11.8. The van der Waals surface area contributed by atoms with Gasteiger partial charge in [0.15, 0.2) is 0 Å². The molecule has 248 valence electrons. The standard InChI is InChI=1S/C35H37BrClN3O7/c1-19-11-10-14-24(37)28(19)39-16-9-5-8-15-25(42)38-21(3)29(22-12-6-4-7-13-22)46-34(45)26-27-32(43)40(20(2)18-41)31(33(39)44)35(27)17-23(36)30(26)47-35/h4-7,9-14,17,20-21,26-27,29-31,41H,8,15-16,18H2,1-3H3,(H,38,42)/b9-5-/t20-,21-,26+,27-,29+,30+,31+,35-/m1/s1. The first-order chi connectivity index (χ1) is 22.5. The fourth-order valence-corrected chi connectivity index (χ4v) is 8.45. The SMILES string of the molecule is Cc1cccc(Cl)c1N1C/C=C\CCC(=O)N[C@H](C)[C@@H](c2ccccc2)OC(=O)[C@@H]2[C@H]3O[C@@]4(C=C3Br)[C@H](C1=O)N([C@H](C)CO)C(=O)[C@@H]24. The van der Waals surface area contributed by atoms with Crippen molar-refractivity contribution in [2.75, 3.05) is 18.1 Å². The first-order valence-corrected chi connectivity index (χ1v) is 16.9. The van der Waals surface area contributed by atoms with E-state index in [2.05, 4.69) is 21.2 Å². The van der Waals surface area contributed by atoms with Crippen molar-refractivity contribution in [2.45, 2.75) is 69.5 Å². The highest BCUT2D eigenvalue weighted by atomic mass is 79.9. The molecule has 2 aromatic rings. The Morgan fingerprint density at radius 3 is 2.51 bits per heavy atom. The zero-order valence-electron chi connectivity index (χ0n) is 26.3. The average Bonchev–Trinajstić information content (AvgIpc) is 3.64. The number of aliphatic hydroxyl groups excluding tert-OH is 1. The van der Waals surface area contributed by atoms with Gasteiger partial charge in [0.1, 0.15) is 29.8 Å². The minimum absolute atomic E-state index is 0.0874. The molecule has 0 unspecified atom stereocenters. The van der Waals surface area contributed by atoms with Crippen LogP contribution in [0.25, 0.3) is 0 Å². The maximum atomic E-state index is 15.0. The number of carbonyl (C=O) groups is 4. The number of amides is 3. The number of anilines is 1. The smallest absolute Gasteiger partial charge is 0.313 e. The molecule has 1 spiro atoms. The number of benzene rings is 2. The van der Waals surface area contributed by atoms with E-state index in [9.17, 15) is 24.3 Å². The van der Waals surface area contributed by atoms with Gasteiger partial charge < -0.3 is 29.7 Å². The number of cyclic esters (lactones) is 1. The Kier molecular flexibility index (Phi) is 9.37. The van der Waals surface area contributed by atoms with Crippen LogP contribution in [0.2, 0.25) is 5.02 Å². The third-order valence-corrected chi connectivity index (χ3v) is 10.5. The molecule has 0 aliphatic carbocycles. The van der Waals surface area contributed by atoms with Crippen LogP contribution >= 0.6 is 27.5 Å². The lowest BCUT2D eigenvalue weighted by Gasteiger charge is -2.38. The van der Waals surface area contributed by atoms with E-state index in [0.717, 1.165) is 5.56 Å². The van der Waals surface area contributed by atoms with E-state index in [0.29, 0.717) is 27.2 Å². The van der Waals surface area contributed by atoms with Gasteiger partial charge in [-0.1, -0.05) is 82.1 Å². The number of aryl methyl sites for hydroxylation is 1. The highest BCUT2D eigenvalue weighted by Gasteiger charge is 2.75. The van der Waals surface area contributed by atoms with Gasteiger partial charge in [-0.25, -0.2) is 0 Å². The second-order valence-corrected chi connectivity index (χ2v) is 13.9. The lowest BCUT2D eigenvalue weighted by molar-refractivity contribution is -0.161. The molecule has 4 aliphatic rings. The van der Waals surface area contributed by atoms with Crippen molar-refractivity contribution >= 4 is 56.9 Å². The molecule has 0 saturated carbocycles. The first kappa shape index (κ1) is 33.4. The zero-order chi connectivity index (χ0) is 33.6. The largest absolute Gasteiger partial charge is 0.455 e. The van der Waals surface area contributed by atoms with Gasteiger partial charge in [0.05, 0.1) is 35.3 Å². The summed E-state index contributed by atoms with van der Waals surface area (Å²) >= 11 is 10.3. The molecule has 0 radical (unpaired) electrons. The van der Waals surface area contributed by atoms with Crippen LogP contribution in [0, 0.1) is 18.8 Å². The minimum Gasteiger partial charge on any atom is -0.455 e. The molecular formula is C35H37BrClN3O7. The third-order valence-electron chi connectivity index (χ3n) is 9.54. The number of halogens is 2. The molecule has 47 heavy (non-hydrogen) atoms. The van der Waals surface area contributed by atoms with Crippen molar-refractivity contribution in [3.63, 3.8) is 0 Å². The summed E-state index contributed by atoms with van der Waals surface area (Å²) in [5, 5.41) is 13.6. The van der Waals surface area contributed by atoms with Crippen molar-refractivity contribution in [1.29, 1.82) is 0 Å². The molecule has 2 fully saturated rings. The maximum absolute atomic E-state index is 15.0. The van der Waals surface area contributed by atoms with Gasteiger partial charge in [-0.2, -0.15) is 0 Å². The van der Waals surface area contributed by atoms with Crippen molar-refractivity contribution < 1.29 is 33.8 Å². The number of hydrogen-bond donors (Lipinski definition) is 2. The van der Waals surface area contributed by atoms with Crippen LogP contribution in [0.3, 0.4) is 0 Å². The Morgan fingerprint density at radius 2 is 1.81 bits per heavy atom. The number of esters is 1. The molecule has 2 N–H and O–H groups in total. The molecule has 5 bridgehead atoms. The normalized spacial score (nSPS) is 32.5. The van der Waals surface area contributed by atoms with Gasteiger partial charge in [0, 0.05) is 17.4 Å². The summed E-state index contributed by atoms with van der Waals surface area (Å²) in [7, 11) is 0. The lowest BCUT2D eigenvalue weighted by Crippen LogP contribution is -2.58. The Hall–Kier alpha value is -3.51. The first-order valence-electron chi connectivity index (χ1n) is 15.8. The van der Waals surface area contributed by atoms with Gasteiger partial charge in [-0.05, 0) is 50.5 Å².